The third kappa shape index (κ3) is 3.47. The van der Waals surface area contributed by atoms with Gasteiger partial charge in [0.25, 0.3) is 5.89 Å². The lowest BCUT2D eigenvalue weighted by Gasteiger charge is -2.15. The highest BCUT2D eigenvalue weighted by Gasteiger charge is 2.23. The van der Waals surface area contributed by atoms with Gasteiger partial charge in [0.15, 0.2) is 11.6 Å². The molecule has 0 saturated carbocycles. The van der Waals surface area contributed by atoms with E-state index in [9.17, 15) is 0 Å². The first kappa shape index (κ1) is 17.5. The maximum absolute atomic E-state index is 5.45. The molecule has 1 N–H and O–H groups in total. The van der Waals surface area contributed by atoms with Crippen molar-refractivity contribution in [2.24, 2.45) is 0 Å². The second kappa shape index (κ2) is 7.43. The van der Waals surface area contributed by atoms with Crippen molar-refractivity contribution in [3.63, 3.8) is 0 Å². The molecule has 3 heterocycles. The first-order chi connectivity index (χ1) is 14.3. The summed E-state index contributed by atoms with van der Waals surface area (Å²) in [6.07, 6.45) is 6.55. The Morgan fingerprint density at radius 1 is 0.931 bits per heavy atom. The predicted molar refractivity (Wildman–Crippen MR) is 109 cm³/mol. The van der Waals surface area contributed by atoms with E-state index in [0.29, 0.717) is 17.5 Å². The molecule has 0 spiro atoms. The fraction of sp³-hybridized carbons (Fsp3) is 0.227. The molecule has 1 aromatic carbocycles. The minimum Gasteiger partial charge on any atom is -0.360 e. The van der Waals surface area contributed by atoms with Gasteiger partial charge in [-0.3, -0.25) is 4.98 Å². The normalized spacial score (nSPS) is 13.8. The lowest BCUT2D eigenvalue weighted by molar-refractivity contribution is 0.419. The fourth-order valence-corrected chi connectivity index (χ4v) is 3.56. The van der Waals surface area contributed by atoms with Crippen LogP contribution in [0.1, 0.15) is 36.5 Å². The van der Waals surface area contributed by atoms with Gasteiger partial charge in [0.1, 0.15) is 5.82 Å². The number of aromatic nitrogens is 5. The van der Waals surface area contributed by atoms with Crippen molar-refractivity contribution in [2.45, 2.75) is 32.2 Å². The largest absolute Gasteiger partial charge is 0.360 e. The van der Waals surface area contributed by atoms with E-state index in [1.165, 1.54) is 5.56 Å². The summed E-state index contributed by atoms with van der Waals surface area (Å²) in [6.45, 7) is 2.01. The number of nitrogens with zero attached hydrogens (tertiary/aromatic N) is 5. The van der Waals surface area contributed by atoms with Crippen LogP contribution >= 0.6 is 0 Å². The lowest BCUT2D eigenvalue weighted by Crippen LogP contribution is -2.13. The van der Waals surface area contributed by atoms with Crippen molar-refractivity contribution < 1.29 is 4.52 Å². The van der Waals surface area contributed by atoms with Crippen LogP contribution in [0, 0.1) is 0 Å². The third-order valence-corrected chi connectivity index (χ3v) is 5.07. The molecule has 0 bridgehead atoms. The molecule has 5 rings (SSSR count). The van der Waals surface area contributed by atoms with E-state index in [2.05, 4.69) is 20.4 Å². The van der Waals surface area contributed by atoms with Crippen LogP contribution < -0.4 is 5.32 Å². The maximum atomic E-state index is 5.45. The Bertz CT molecular complexity index is 1130. The summed E-state index contributed by atoms with van der Waals surface area (Å²) in [6, 6.07) is 13.5. The number of benzene rings is 1. The molecular weight excluding hydrogens is 364 g/mol. The average molecular weight is 384 g/mol. The van der Waals surface area contributed by atoms with Gasteiger partial charge in [-0.1, -0.05) is 23.4 Å². The van der Waals surface area contributed by atoms with Gasteiger partial charge >= 0.3 is 0 Å². The van der Waals surface area contributed by atoms with Gasteiger partial charge in [-0.15, -0.1) is 0 Å². The summed E-state index contributed by atoms with van der Waals surface area (Å²) in [4.78, 5) is 18.2. The zero-order valence-electron chi connectivity index (χ0n) is 16.0. The molecular formula is C22H20N6O. The minimum atomic E-state index is -0.152. The number of hydrogen-bond acceptors (Lipinski definition) is 7. The Balaban J connectivity index is 1.44. The van der Waals surface area contributed by atoms with Gasteiger partial charge in [-0.25, -0.2) is 9.97 Å². The molecule has 7 nitrogen and oxygen atoms in total. The summed E-state index contributed by atoms with van der Waals surface area (Å²) >= 11 is 0. The number of hydrogen-bond donors (Lipinski definition) is 1. The number of rotatable bonds is 5. The van der Waals surface area contributed by atoms with Gasteiger partial charge in [-0.05, 0) is 50.5 Å². The van der Waals surface area contributed by atoms with Gasteiger partial charge in [-0.2, -0.15) is 4.98 Å². The average Bonchev–Trinajstić information content (AvgIpc) is 3.45. The number of aryl methyl sites for hydroxylation is 1. The van der Waals surface area contributed by atoms with Crippen molar-refractivity contribution in [3.8, 4) is 22.8 Å². The van der Waals surface area contributed by atoms with Crippen LogP contribution in [0.5, 0.6) is 0 Å². The quantitative estimate of drug-likeness (QED) is 0.550. The van der Waals surface area contributed by atoms with Gasteiger partial charge in [0.2, 0.25) is 0 Å². The smallest absolute Gasteiger partial charge is 0.257 e. The molecule has 1 unspecified atom stereocenters. The summed E-state index contributed by atoms with van der Waals surface area (Å²) < 4.78 is 5.45. The Morgan fingerprint density at radius 2 is 1.76 bits per heavy atom. The Hall–Kier alpha value is -3.61. The molecule has 1 atom stereocenters. The molecule has 0 fully saturated rings. The highest BCUT2D eigenvalue weighted by Crippen LogP contribution is 2.31. The highest BCUT2D eigenvalue weighted by atomic mass is 16.5. The lowest BCUT2D eigenvalue weighted by atomic mass is 10.2. The molecule has 4 aromatic rings. The number of nitrogens with one attached hydrogen (secondary N) is 1. The van der Waals surface area contributed by atoms with E-state index >= 15 is 0 Å². The molecule has 1 aliphatic rings. The summed E-state index contributed by atoms with van der Waals surface area (Å²) in [5.41, 5.74) is 4.15. The minimum absolute atomic E-state index is 0.152. The topological polar surface area (TPSA) is 89.6 Å². The molecule has 0 amide bonds. The number of pyridine rings is 1. The van der Waals surface area contributed by atoms with Crippen LogP contribution in [0.3, 0.4) is 0 Å². The Kier molecular flexibility index (Phi) is 4.48. The van der Waals surface area contributed by atoms with E-state index in [-0.39, 0.29) is 6.04 Å². The van der Waals surface area contributed by atoms with E-state index in [1.807, 2.05) is 49.4 Å². The molecule has 0 saturated heterocycles. The SMILES string of the molecule is CC(Nc1nc(-c2ccncc2)nc2c1CCC2)c1noc(-c2ccccc2)n1. The zero-order chi connectivity index (χ0) is 19.6. The maximum Gasteiger partial charge on any atom is 0.257 e. The van der Waals surface area contributed by atoms with Gasteiger partial charge < -0.3 is 9.84 Å². The Morgan fingerprint density at radius 3 is 2.59 bits per heavy atom. The molecule has 29 heavy (non-hydrogen) atoms. The van der Waals surface area contributed by atoms with Crippen molar-refractivity contribution in [1.29, 1.82) is 0 Å². The van der Waals surface area contributed by atoms with Crippen LogP contribution in [-0.2, 0) is 12.8 Å². The third-order valence-electron chi connectivity index (χ3n) is 5.07. The van der Waals surface area contributed by atoms with Crippen molar-refractivity contribution >= 4 is 5.82 Å². The summed E-state index contributed by atoms with van der Waals surface area (Å²) in [7, 11) is 0. The molecule has 3 aromatic heterocycles. The molecule has 0 aliphatic heterocycles. The van der Waals surface area contributed by atoms with Crippen LogP contribution in [0.25, 0.3) is 22.8 Å². The molecule has 1 aliphatic carbocycles. The predicted octanol–water partition coefficient (Wildman–Crippen LogP) is 4.25. The van der Waals surface area contributed by atoms with E-state index in [0.717, 1.165) is 41.9 Å². The zero-order valence-corrected chi connectivity index (χ0v) is 16.0. The standard InChI is InChI=1S/C22H20N6O/c1-14(19-27-22(29-28-19)16-6-3-2-4-7-16)24-21-17-8-5-9-18(17)25-20(26-21)15-10-12-23-13-11-15/h2-4,6-7,10-14H,5,8-9H2,1H3,(H,24,25,26). The molecule has 7 heteroatoms. The molecule has 144 valence electrons. The first-order valence-electron chi connectivity index (χ1n) is 9.73. The monoisotopic (exact) mass is 384 g/mol. The van der Waals surface area contributed by atoms with Crippen molar-refractivity contribution in [3.05, 3.63) is 71.9 Å². The highest BCUT2D eigenvalue weighted by molar-refractivity contribution is 5.60. The molecule has 0 radical (unpaired) electrons. The first-order valence-corrected chi connectivity index (χ1v) is 9.73. The van der Waals surface area contributed by atoms with Crippen LogP contribution in [0.4, 0.5) is 5.82 Å². The van der Waals surface area contributed by atoms with Crippen molar-refractivity contribution in [2.75, 3.05) is 5.32 Å². The van der Waals surface area contributed by atoms with Gasteiger partial charge in [0, 0.05) is 34.8 Å². The summed E-state index contributed by atoms with van der Waals surface area (Å²) in [5.74, 6) is 2.66. The summed E-state index contributed by atoms with van der Waals surface area (Å²) in [5, 5.41) is 7.64. The van der Waals surface area contributed by atoms with Gasteiger partial charge in [0.05, 0.1) is 6.04 Å². The van der Waals surface area contributed by atoms with Crippen LogP contribution in [0.15, 0.2) is 59.4 Å². The second-order valence-corrected chi connectivity index (χ2v) is 7.10. The Labute approximate surface area is 168 Å². The number of fused-ring (bicyclic) bond motifs is 1. The number of anilines is 1. The van der Waals surface area contributed by atoms with E-state index in [1.54, 1.807) is 12.4 Å². The van der Waals surface area contributed by atoms with E-state index in [4.69, 9.17) is 14.5 Å². The fourth-order valence-electron chi connectivity index (χ4n) is 3.56. The second-order valence-electron chi connectivity index (χ2n) is 7.10. The van der Waals surface area contributed by atoms with Crippen LogP contribution in [-0.4, -0.2) is 25.1 Å². The van der Waals surface area contributed by atoms with Crippen molar-refractivity contribution in [1.82, 2.24) is 25.1 Å². The van der Waals surface area contributed by atoms with Crippen LogP contribution in [0.2, 0.25) is 0 Å². The van der Waals surface area contributed by atoms with E-state index < -0.39 is 0 Å².